The van der Waals surface area contributed by atoms with E-state index in [1.807, 2.05) is 6.07 Å². The van der Waals surface area contributed by atoms with Crippen molar-refractivity contribution in [2.45, 2.75) is 45.3 Å². The van der Waals surface area contributed by atoms with E-state index in [4.69, 9.17) is 14.2 Å². The maximum absolute atomic E-state index is 5.84. The van der Waals surface area contributed by atoms with Crippen LogP contribution in [0.15, 0.2) is 54.7 Å². The Kier molecular flexibility index (Phi) is 6.75. The molecule has 0 N–H and O–H groups in total. The van der Waals surface area contributed by atoms with Gasteiger partial charge in [0.05, 0.1) is 27.4 Å². The van der Waals surface area contributed by atoms with Crippen LogP contribution in [0.5, 0.6) is 17.2 Å². The van der Waals surface area contributed by atoms with Gasteiger partial charge in [0.2, 0.25) is 0 Å². The van der Waals surface area contributed by atoms with Crippen LogP contribution in [0.25, 0.3) is 0 Å². The molecule has 0 amide bonds. The van der Waals surface area contributed by atoms with Gasteiger partial charge < -0.3 is 18.8 Å². The van der Waals surface area contributed by atoms with Crippen molar-refractivity contribution in [3.63, 3.8) is 0 Å². The van der Waals surface area contributed by atoms with Crippen LogP contribution in [0.3, 0.4) is 0 Å². The number of nitrogens with zero attached hydrogens (tertiary/aromatic N) is 2. The number of fused-ring (bicyclic) bond motifs is 1. The number of methoxy groups -OCH3 is 3. The van der Waals surface area contributed by atoms with Gasteiger partial charge in [-0.25, -0.2) is 0 Å². The van der Waals surface area contributed by atoms with Gasteiger partial charge in [0.15, 0.2) is 11.5 Å². The lowest BCUT2D eigenvalue weighted by Gasteiger charge is -2.32. The van der Waals surface area contributed by atoms with E-state index in [9.17, 15) is 0 Å². The molecule has 0 spiro atoms. The SMILES string of the molecule is COc1cc(OC)c([C@H]2c3cccn3CCCN2Cc2ccc(C(C)C)cc2)cc1OC. The quantitative estimate of drug-likeness (QED) is 0.483. The fraction of sp³-hybridized carbons (Fsp3) is 0.407. The summed E-state index contributed by atoms with van der Waals surface area (Å²) in [4.78, 5) is 2.55. The molecule has 0 unspecified atom stereocenters. The number of hydrogen-bond acceptors (Lipinski definition) is 4. The smallest absolute Gasteiger partial charge is 0.164 e. The molecule has 170 valence electrons. The molecular weight excluding hydrogens is 400 g/mol. The largest absolute Gasteiger partial charge is 0.496 e. The molecule has 0 fully saturated rings. The Morgan fingerprint density at radius 3 is 2.22 bits per heavy atom. The molecule has 2 aromatic carbocycles. The van der Waals surface area contributed by atoms with Gasteiger partial charge in [-0.2, -0.15) is 0 Å². The summed E-state index contributed by atoms with van der Waals surface area (Å²) in [5, 5.41) is 0. The molecule has 0 radical (unpaired) electrons. The second kappa shape index (κ2) is 9.70. The molecule has 1 atom stereocenters. The van der Waals surface area contributed by atoms with Crippen molar-refractivity contribution < 1.29 is 14.2 Å². The van der Waals surface area contributed by atoms with Crippen molar-refractivity contribution >= 4 is 0 Å². The third-order valence-electron chi connectivity index (χ3n) is 6.42. The van der Waals surface area contributed by atoms with Crippen molar-refractivity contribution in [2.75, 3.05) is 27.9 Å². The van der Waals surface area contributed by atoms with E-state index in [0.717, 1.165) is 37.4 Å². The first-order valence-electron chi connectivity index (χ1n) is 11.3. The lowest BCUT2D eigenvalue weighted by molar-refractivity contribution is 0.215. The number of aromatic nitrogens is 1. The molecular formula is C27H34N2O3. The molecule has 1 aliphatic heterocycles. The summed E-state index contributed by atoms with van der Waals surface area (Å²) in [5.74, 6) is 2.73. The Hall–Kier alpha value is -2.92. The summed E-state index contributed by atoms with van der Waals surface area (Å²) in [6, 6.07) is 17.5. The first-order valence-corrected chi connectivity index (χ1v) is 11.3. The number of benzene rings is 2. The minimum atomic E-state index is 0.0482. The van der Waals surface area contributed by atoms with E-state index in [1.54, 1.807) is 21.3 Å². The normalized spacial score (nSPS) is 16.5. The molecule has 32 heavy (non-hydrogen) atoms. The van der Waals surface area contributed by atoms with Gasteiger partial charge in [0, 0.05) is 43.2 Å². The lowest BCUT2D eigenvalue weighted by atomic mass is 9.98. The van der Waals surface area contributed by atoms with Gasteiger partial charge >= 0.3 is 0 Å². The van der Waals surface area contributed by atoms with E-state index in [-0.39, 0.29) is 6.04 Å². The molecule has 3 aromatic rings. The van der Waals surface area contributed by atoms with E-state index in [0.29, 0.717) is 17.4 Å². The first-order chi connectivity index (χ1) is 15.5. The molecule has 0 bridgehead atoms. The second-order valence-corrected chi connectivity index (χ2v) is 8.70. The number of aryl methyl sites for hydroxylation is 1. The molecule has 4 rings (SSSR count). The van der Waals surface area contributed by atoms with Crippen LogP contribution in [-0.4, -0.2) is 37.3 Å². The second-order valence-electron chi connectivity index (χ2n) is 8.70. The fourth-order valence-electron chi connectivity index (χ4n) is 4.67. The van der Waals surface area contributed by atoms with E-state index < -0.39 is 0 Å². The van der Waals surface area contributed by atoms with Crippen LogP contribution in [0.1, 0.15) is 54.6 Å². The Morgan fingerprint density at radius 2 is 1.56 bits per heavy atom. The van der Waals surface area contributed by atoms with Gasteiger partial charge in [-0.05, 0) is 41.7 Å². The highest BCUT2D eigenvalue weighted by Gasteiger charge is 2.31. The molecule has 0 saturated carbocycles. The van der Waals surface area contributed by atoms with Crippen molar-refractivity contribution in [1.29, 1.82) is 0 Å². The van der Waals surface area contributed by atoms with Gasteiger partial charge in [-0.1, -0.05) is 38.1 Å². The van der Waals surface area contributed by atoms with E-state index >= 15 is 0 Å². The van der Waals surface area contributed by atoms with Gasteiger partial charge in [-0.3, -0.25) is 4.90 Å². The zero-order valence-corrected chi connectivity index (χ0v) is 19.8. The topological polar surface area (TPSA) is 35.9 Å². The third kappa shape index (κ3) is 4.35. The molecule has 1 aromatic heterocycles. The van der Waals surface area contributed by atoms with Crippen LogP contribution < -0.4 is 14.2 Å². The Labute approximate surface area is 191 Å². The predicted octanol–water partition coefficient (Wildman–Crippen LogP) is 5.63. The van der Waals surface area contributed by atoms with Crippen LogP contribution in [0.4, 0.5) is 0 Å². The summed E-state index contributed by atoms with van der Waals surface area (Å²) < 4.78 is 19.4. The van der Waals surface area contributed by atoms with Gasteiger partial charge in [0.1, 0.15) is 5.75 Å². The minimum Gasteiger partial charge on any atom is -0.496 e. The summed E-state index contributed by atoms with van der Waals surface area (Å²) >= 11 is 0. The minimum absolute atomic E-state index is 0.0482. The highest BCUT2D eigenvalue weighted by atomic mass is 16.5. The molecule has 0 saturated heterocycles. The van der Waals surface area contributed by atoms with E-state index in [2.05, 4.69) is 72.0 Å². The van der Waals surface area contributed by atoms with Crippen molar-refractivity contribution in [3.8, 4) is 17.2 Å². The molecule has 2 heterocycles. The number of ether oxygens (including phenoxy) is 3. The molecule has 5 nitrogen and oxygen atoms in total. The maximum atomic E-state index is 5.84. The molecule has 1 aliphatic rings. The average molecular weight is 435 g/mol. The maximum Gasteiger partial charge on any atom is 0.164 e. The lowest BCUT2D eigenvalue weighted by Crippen LogP contribution is -2.30. The van der Waals surface area contributed by atoms with Crippen LogP contribution in [0.2, 0.25) is 0 Å². The standard InChI is InChI=1S/C27H34N2O3/c1-19(2)21-11-9-20(10-12-21)18-29-15-7-14-28-13-6-8-23(28)27(29)22-16-25(31-4)26(32-5)17-24(22)30-3/h6,8-13,16-17,19,27H,7,14-15,18H2,1-5H3/t27-/m0/s1. The Morgan fingerprint density at radius 1 is 0.875 bits per heavy atom. The van der Waals surface area contributed by atoms with Crippen molar-refractivity contribution in [1.82, 2.24) is 9.47 Å². The summed E-state index contributed by atoms with van der Waals surface area (Å²) in [5.41, 5.74) is 5.05. The summed E-state index contributed by atoms with van der Waals surface area (Å²) in [6.07, 6.45) is 3.27. The van der Waals surface area contributed by atoms with E-state index in [1.165, 1.54) is 16.8 Å². The van der Waals surface area contributed by atoms with Crippen LogP contribution in [0, 0.1) is 0 Å². The third-order valence-corrected chi connectivity index (χ3v) is 6.42. The number of rotatable bonds is 7. The zero-order valence-electron chi connectivity index (χ0n) is 19.8. The highest BCUT2D eigenvalue weighted by Crippen LogP contribution is 2.43. The highest BCUT2D eigenvalue weighted by molar-refractivity contribution is 5.53. The fourth-order valence-corrected chi connectivity index (χ4v) is 4.67. The van der Waals surface area contributed by atoms with Crippen LogP contribution >= 0.6 is 0 Å². The predicted molar refractivity (Wildman–Crippen MR) is 128 cm³/mol. The summed E-state index contributed by atoms with van der Waals surface area (Å²) in [7, 11) is 5.05. The summed E-state index contributed by atoms with van der Waals surface area (Å²) in [6.45, 7) is 7.34. The molecule has 5 heteroatoms. The number of hydrogen-bond donors (Lipinski definition) is 0. The zero-order chi connectivity index (χ0) is 22.7. The van der Waals surface area contributed by atoms with Gasteiger partial charge in [0.25, 0.3) is 0 Å². The first kappa shape index (κ1) is 22.3. The molecule has 0 aliphatic carbocycles. The Balaban J connectivity index is 1.78. The van der Waals surface area contributed by atoms with Crippen molar-refractivity contribution in [2.24, 2.45) is 0 Å². The van der Waals surface area contributed by atoms with Crippen molar-refractivity contribution in [3.05, 3.63) is 77.1 Å². The monoisotopic (exact) mass is 434 g/mol. The average Bonchev–Trinajstić information content (AvgIpc) is 3.20. The Bertz CT molecular complexity index is 1040. The van der Waals surface area contributed by atoms with Crippen LogP contribution in [-0.2, 0) is 13.1 Å². The van der Waals surface area contributed by atoms with Gasteiger partial charge in [-0.15, -0.1) is 0 Å².